The first-order valence-electron chi connectivity index (χ1n) is 8.56. The largest absolute Gasteiger partial charge is 0.454 e. The molecule has 1 saturated heterocycles. The van der Waals surface area contributed by atoms with Crippen LogP contribution in [0.25, 0.3) is 0 Å². The van der Waals surface area contributed by atoms with Gasteiger partial charge in [-0.1, -0.05) is 23.8 Å². The van der Waals surface area contributed by atoms with Crippen LogP contribution in [0.4, 0.5) is 5.69 Å². The number of amides is 3. The second-order valence-electron chi connectivity index (χ2n) is 6.43. The van der Waals surface area contributed by atoms with Gasteiger partial charge in [0.2, 0.25) is 11.8 Å². The number of nitriles is 1. The topological polar surface area (TPSA) is 117 Å². The van der Waals surface area contributed by atoms with Gasteiger partial charge in [-0.2, -0.15) is 5.26 Å². The first-order chi connectivity index (χ1) is 13.4. The molecule has 0 radical (unpaired) electrons. The monoisotopic (exact) mass is 401 g/mol. The van der Waals surface area contributed by atoms with Crippen molar-refractivity contribution >= 4 is 41.0 Å². The average molecular weight is 402 g/mol. The molecular weight excluding hydrogens is 386 g/mol. The second-order valence-corrected chi connectivity index (χ2v) is 6.84. The lowest BCUT2D eigenvalue weighted by molar-refractivity contribution is -0.154. The minimum atomic E-state index is -0.846. The molecule has 1 aliphatic heterocycles. The van der Waals surface area contributed by atoms with Crippen LogP contribution in [0.5, 0.6) is 0 Å². The molecule has 8 nitrogen and oxygen atoms in total. The second kappa shape index (κ2) is 8.23. The summed E-state index contributed by atoms with van der Waals surface area (Å²) in [7, 11) is 0. The number of ether oxygens (including phenoxy) is 1. The zero-order valence-corrected chi connectivity index (χ0v) is 15.4. The molecule has 3 rings (SSSR count). The number of fused-ring (bicyclic) bond motifs is 1. The van der Waals surface area contributed by atoms with E-state index in [0.29, 0.717) is 18.5 Å². The predicted molar refractivity (Wildman–Crippen MR) is 97.8 cm³/mol. The number of carbonyl (C=O) groups is 4. The van der Waals surface area contributed by atoms with E-state index in [1.807, 2.05) is 18.2 Å². The molecule has 1 N–H and O–H groups in total. The van der Waals surface area contributed by atoms with Crippen molar-refractivity contribution in [1.82, 2.24) is 4.90 Å². The van der Waals surface area contributed by atoms with Crippen molar-refractivity contribution in [3.8, 4) is 6.07 Å². The quantitative estimate of drug-likeness (QED) is 0.455. The predicted octanol–water partition coefficient (Wildman–Crippen LogP) is 1.64. The molecule has 0 aromatic heterocycles. The first-order valence-corrected chi connectivity index (χ1v) is 8.94. The normalized spacial score (nSPS) is 20.5. The molecule has 1 aromatic carbocycles. The van der Waals surface area contributed by atoms with Crippen LogP contribution in [0.2, 0.25) is 5.02 Å². The molecule has 144 valence electrons. The summed E-state index contributed by atoms with van der Waals surface area (Å²) in [6.45, 7) is -1.10. The maximum Gasteiger partial charge on any atom is 0.326 e. The summed E-state index contributed by atoms with van der Waals surface area (Å²) >= 11 is 5.88. The molecule has 2 aliphatic rings. The molecule has 0 unspecified atom stereocenters. The van der Waals surface area contributed by atoms with Crippen molar-refractivity contribution in [2.24, 2.45) is 11.8 Å². The van der Waals surface area contributed by atoms with E-state index in [-0.39, 0.29) is 22.4 Å². The van der Waals surface area contributed by atoms with Crippen LogP contribution in [0.15, 0.2) is 30.4 Å². The maximum atomic E-state index is 12.3. The Kier molecular flexibility index (Phi) is 5.76. The number of nitrogens with zero attached hydrogens (tertiary/aromatic N) is 2. The van der Waals surface area contributed by atoms with E-state index in [0.717, 1.165) is 4.90 Å². The van der Waals surface area contributed by atoms with Crippen LogP contribution >= 0.6 is 11.6 Å². The van der Waals surface area contributed by atoms with E-state index in [9.17, 15) is 19.2 Å². The number of rotatable bonds is 5. The maximum absolute atomic E-state index is 12.3. The lowest BCUT2D eigenvalue weighted by atomic mass is 9.85. The number of hydrogen-bond donors (Lipinski definition) is 1. The highest BCUT2D eigenvalue weighted by molar-refractivity contribution is 6.32. The number of nitrogens with one attached hydrogen (secondary N) is 1. The molecule has 28 heavy (non-hydrogen) atoms. The molecule has 1 fully saturated rings. The van der Waals surface area contributed by atoms with E-state index in [1.165, 1.54) is 18.2 Å². The molecular formula is C19H16ClN3O5. The van der Waals surface area contributed by atoms with Gasteiger partial charge in [0.25, 0.3) is 5.91 Å². The van der Waals surface area contributed by atoms with Gasteiger partial charge in [0.05, 0.1) is 22.4 Å². The zero-order valence-electron chi connectivity index (χ0n) is 14.7. The summed E-state index contributed by atoms with van der Waals surface area (Å²) < 4.78 is 4.87. The summed E-state index contributed by atoms with van der Waals surface area (Å²) in [6, 6.07) is 6.23. The minimum Gasteiger partial charge on any atom is -0.454 e. The van der Waals surface area contributed by atoms with Gasteiger partial charge in [0, 0.05) is 5.69 Å². The highest BCUT2D eigenvalue weighted by Crippen LogP contribution is 2.34. The van der Waals surface area contributed by atoms with Crippen molar-refractivity contribution < 1.29 is 23.9 Å². The third-order valence-electron chi connectivity index (χ3n) is 4.62. The third-order valence-corrected chi connectivity index (χ3v) is 4.94. The number of benzene rings is 1. The van der Waals surface area contributed by atoms with Crippen LogP contribution < -0.4 is 5.32 Å². The summed E-state index contributed by atoms with van der Waals surface area (Å²) in [5.41, 5.74) is 0.605. The fourth-order valence-electron chi connectivity index (χ4n) is 3.23. The standard InChI is InChI=1S/C19H16ClN3O5/c20-15-7-12(6-5-11(15)8-21)22-16(24)10-28-17(25)9-23-18(26)13-3-1-2-4-14(13)19(23)27/h1-2,5-7,13-14H,3-4,9-10H2,(H,22,24)/t13-,14-/m0/s1. The molecule has 1 heterocycles. The van der Waals surface area contributed by atoms with Crippen molar-refractivity contribution in [1.29, 1.82) is 5.26 Å². The molecule has 0 bridgehead atoms. The fraction of sp³-hybridized carbons (Fsp3) is 0.316. The molecule has 2 atom stereocenters. The Morgan fingerprint density at radius 1 is 1.21 bits per heavy atom. The van der Waals surface area contributed by atoms with Gasteiger partial charge in [-0.15, -0.1) is 0 Å². The lowest BCUT2D eigenvalue weighted by Gasteiger charge is -2.14. The van der Waals surface area contributed by atoms with Crippen molar-refractivity contribution in [3.05, 3.63) is 40.9 Å². The van der Waals surface area contributed by atoms with Gasteiger partial charge in [0.15, 0.2) is 6.61 Å². The number of halogens is 1. The van der Waals surface area contributed by atoms with Crippen LogP contribution in [0.1, 0.15) is 18.4 Å². The van der Waals surface area contributed by atoms with E-state index < -0.39 is 36.9 Å². The van der Waals surface area contributed by atoms with Gasteiger partial charge < -0.3 is 10.1 Å². The highest BCUT2D eigenvalue weighted by Gasteiger charge is 2.47. The number of esters is 1. The molecule has 0 saturated carbocycles. The minimum absolute atomic E-state index is 0.180. The smallest absolute Gasteiger partial charge is 0.326 e. The molecule has 1 aromatic rings. The first kappa shape index (κ1) is 19.6. The number of allylic oxidation sites excluding steroid dienone is 2. The van der Waals surface area contributed by atoms with E-state index in [1.54, 1.807) is 0 Å². The average Bonchev–Trinajstić information content (AvgIpc) is 2.92. The van der Waals surface area contributed by atoms with Gasteiger partial charge in [0.1, 0.15) is 12.6 Å². The van der Waals surface area contributed by atoms with Crippen LogP contribution in [-0.4, -0.2) is 41.7 Å². The van der Waals surface area contributed by atoms with Gasteiger partial charge in [-0.3, -0.25) is 24.1 Å². The fourth-order valence-corrected chi connectivity index (χ4v) is 3.45. The Balaban J connectivity index is 1.50. The number of imide groups is 1. The SMILES string of the molecule is N#Cc1ccc(NC(=O)COC(=O)CN2C(=O)[C@H]3CC=CC[C@@H]3C2=O)cc1Cl. The Morgan fingerprint density at radius 3 is 2.43 bits per heavy atom. The third kappa shape index (κ3) is 4.05. The number of anilines is 1. The lowest BCUT2D eigenvalue weighted by Crippen LogP contribution is -2.37. The van der Waals surface area contributed by atoms with Crippen LogP contribution in [-0.2, 0) is 23.9 Å². The van der Waals surface area contributed by atoms with Crippen LogP contribution in [0.3, 0.4) is 0 Å². The number of carbonyl (C=O) groups excluding carboxylic acids is 4. The van der Waals surface area contributed by atoms with Gasteiger partial charge >= 0.3 is 5.97 Å². The molecule has 1 aliphatic carbocycles. The van der Waals surface area contributed by atoms with Gasteiger partial charge in [-0.05, 0) is 31.0 Å². The Morgan fingerprint density at radius 2 is 1.86 bits per heavy atom. The number of likely N-dealkylation sites (tertiary alicyclic amines) is 1. The van der Waals surface area contributed by atoms with Crippen LogP contribution in [0, 0.1) is 23.2 Å². The summed E-state index contributed by atoms with van der Waals surface area (Å²) in [6.07, 6.45) is 4.68. The molecule has 3 amide bonds. The van der Waals surface area contributed by atoms with E-state index in [4.69, 9.17) is 21.6 Å². The van der Waals surface area contributed by atoms with Gasteiger partial charge in [-0.25, -0.2) is 0 Å². The molecule has 0 spiro atoms. The molecule has 9 heteroatoms. The summed E-state index contributed by atoms with van der Waals surface area (Å²) in [5, 5.41) is 11.5. The van der Waals surface area contributed by atoms with E-state index >= 15 is 0 Å². The van der Waals surface area contributed by atoms with Crippen molar-refractivity contribution in [3.63, 3.8) is 0 Å². The van der Waals surface area contributed by atoms with Crippen molar-refractivity contribution in [2.45, 2.75) is 12.8 Å². The Labute approximate surface area is 165 Å². The summed E-state index contributed by atoms with van der Waals surface area (Å²) in [5.74, 6) is -3.07. The number of hydrogen-bond acceptors (Lipinski definition) is 6. The Bertz CT molecular complexity index is 895. The van der Waals surface area contributed by atoms with E-state index in [2.05, 4.69) is 5.32 Å². The zero-order chi connectivity index (χ0) is 20.3. The van der Waals surface area contributed by atoms with Crippen molar-refractivity contribution in [2.75, 3.05) is 18.5 Å². The Hall–Kier alpha value is -3.18. The highest BCUT2D eigenvalue weighted by atomic mass is 35.5. The summed E-state index contributed by atoms with van der Waals surface area (Å²) in [4.78, 5) is 49.4.